The van der Waals surface area contributed by atoms with E-state index in [4.69, 9.17) is 17.0 Å². The Labute approximate surface area is 205 Å². The van der Waals surface area contributed by atoms with Gasteiger partial charge in [0.2, 0.25) is 0 Å². The summed E-state index contributed by atoms with van der Waals surface area (Å²) in [6.07, 6.45) is 0.943. The maximum Gasteiger partial charge on any atom is 0.257 e. The van der Waals surface area contributed by atoms with Crippen LogP contribution in [0.3, 0.4) is 0 Å². The lowest BCUT2D eigenvalue weighted by Gasteiger charge is -2.12. The highest BCUT2D eigenvalue weighted by Gasteiger charge is 2.11. The van der Waals surface area contributed by atoms with Crippen LogP contribution in [0.4, 0.5) is 11.4 Å². The first-order chi connectivity index (χ1) is 16.3. The number of hydrogen-bond acceptors (Lipinski definition) is 4. The molecule has 0 heterocycles. The van der Waals surface area contributed by atoms with E-state index in [0.29, 0.717) is 40.8 Å². The standard InChI is InChI=1S/C27H29N3O3S/c1-18(2)15-16-33-23-9-6-8-20(17-23)25(31)30-27(34)29-22-13-11-21(12-14-22)28-26(32)24-10-5-4-7-19(24)3/h4-14,17-18H,15-16H2,1-3H3,(H,28,32)(H2,29,30,31,34). The van der Waals surface area contributed by atoms with Crippen molar-refractivity contribution in [3.05, 3.63) is 89.5 Å². The number of thiocarbonyl (C=S) groups is 1. The highest BCUT2D eigenvalue weighted by Crippen LogP contribution is 2.17. The summed E-state index contributed by atoms with van der Waals surface area (Å²) in [5.41, 5.74) is 3.34. The van der Waals surface area contributed by atoms with Crippen molar-refractivity contribution in [1.29, 1.82) is 0 Å². The Bertz CT molecular complexity index is 1160. The summed E-state index contributed by atoms with van der Waals surface area (Å²) in [7, 11) is 0. The van der Waals surface area contributed by atoms with Gasteiger partial charge in [0.15, 0.2) is 5.11 Å². The molecule has 0 saturated carbocycles. The molecule has 0 aliphatic carbocycles. The van der Waals surface area contributed by atoms with E-state index in [1.807, 2.05) is 31.2 Å². The van der Waals surface area contributed by atoms with Crippen molar-refractivity contribution in [2.45, 2.75) is 27.2 Å². The van der Waals surface area contributed by atoms with Gasteiger partial charge >= 0.3 is 0 Å². The Balaban J connectivity index is 1.52. The fourth-order valence-electron chi connectivity index (χ4n) is 3.14. The third kappa shape index (κ3) is 7.42. The molecule has 3 rings (SSSR count). The second kappa shape index (κ2) is 12.0. The van der Waals surface area contributed by atoms with Gasteiger partial charge < -0.3 is 15.4 Å². The summed E-state index contributed by atoms with van der Waals surface area (Å²) >= 11 is 5.28. The largest absolute Gasteiger partial charge is 0.494 e. The first-order valence-electron chi connectivity index (χ1n) is 11.1. The summed E-state index contributed by atoms with van der Waals surface area (Å²) < 4.78 is 5.72. The third-order valence-corrected chi connectivity index (χ3v) is 5.28. The number of amides is 2. The van der Waals surface area contributed by atoms with Gasteiger partial charge in [-0.3, -0.25) is 14.9 Å². The van der Waals surface area contributed by atoms with Crippen LogP contribution in [0, 0.1) is 12.8 Å². The maximum absolute atomic E-state index is 12.6. The number of benzene rings is 3. The predicted molar refractivity (Wildman–Crippen MR) is 141 cm³/mol. The maximum atomic E-state index is 12.6. The predicted octanol–water partition coefficient (Wildman–Crippen LogP) is 5.80. The summed E-state index contributed by atoms with van der Waals surface area (Å²) in [4.78, 5) is 25.0. The Morgan fingerprint density at radius 1 is 0.882 bits per heavy atom. The van der Waals surface area contributed by atoms with Crippen molar-refractivity contribution in [2.24, 2.45) is 5.92 Å². The quantitative estimate of drug-likeness (QED) is 0.359. The highest BCUT2D eigenvalue weighted by molar-refractivity contribution is 7.80. The van der Waals surface area contributed by atoms with Crippen molar-refractivity contribution >= 4 is 40.5 Å². The Morgan fingerprint density at radius 3 is 2.24 bits per heavy atom. The van der Waals surface area contributed by atoms with Crippen LogP contribution in [-0.2, 0) is 0 Å². The molecule has 2 amide bonds. The van der Waals surface area contributed by atoms with Crippen LogP contribution in [0.15, 0.2) is 72.8 Å². The van der Waals surface area contributed by atoms with Crippen molar-refractivity contribution in [1.82, 2.24) is 5.32 Å². The molecular formula is C27H29N3O3S. The number of carbonyl (C=O) groups is 2. The van der Waals surface area contributed by atoms with E-state index in [1.165, 1.54) is 0 Å². The molecular weight excluding hydrogens is 446 g/mol. The second-order valence-corrected chi connectivity index (χ2v) is 8.72. The molecule has 34 heavy (non-hydrogen) atoms. The van der Waals surface area contributed by atoms with Crippen LogP contribution in [-0.4, -0.2) is 23.5 Å². The van der Waals surface area contributed by atoms with E-state index in [-0.39, 0.29) is 16.9 Å². The number of anilines is 2. The topological polar surface area (TPSA) is 79.5 Å². The normalized spacial score (nSPS) is 10.5. The number of aryl methyl sites for hydroxylation is 1. The van der Waals surface area contributed by atoms with Crippen LogP contribution < -0.4 is 20.7 Å². The number of ether oxygens (including phenoxy) is 1. The van der Waals surface area contributed by atoms with Crippen LogP contribution in [0.5, 0.6) is 5.75 Å². The molecule has 176 valence electrons. The Hall–Kier alpha value is -3.71. The number of hydrogen-bond donors (Lipinski definition) is 3. The summed E-state index contributed by atoms with van der Waals surface area (Å²) in [5.74, 6) is 0.703. The van der Waals surface area contributed by atoms with Gasteiger partial charge in [-0.25, -0.2) is 0 Å². The first-order valence-corrected chi connectivity index (χ1v) is 11.5. The van der Waals surface area contributed by atoms with Gasteiger partial charge in [0.25, 0.3) is 11.8 Å². The zero-order valence-corrected chi connectivity index (χ0v) is 20.4. The van der Waals surface area contributed by atoms with E-state index in [0.717, 1.165) is 12.0 Å². The van der Waals surface area contributed by atoms with Crippen LogP contribution in [0.2, 0.25) is 0 Å². The second-order valence-electron chi connectivity index (χ2n) is 8.31. The minimum absolute atomic E-state index is 0.169. The van der Waals surface area contributed by atoms with Gasteiger partial charge in [-0.05, 0) is 85.6 Å². The molecule has 7 heteroatoms. The fourth-order valence-corrected chi connectivity index (χ4v) is 3.35. The Morgan fingerprint density at radius 2 is 1.56 bits per heavy atom. The summed E-state index contributed by atoms with van der Waals surface area (Å²) in [6.45, 7) is 6.77. The van der Waals surface area contributed by atoms with Crippen molar-refractivity contribution < 1.29 is 14.3 Å². The third-order valence-electron chi connectivity index (χ3n) is 5.08. The highest BCUT2D eigenvalue weighted by atomic mass is 32.1. The molecule has 0 radical (unpaired) electrons. The molecule has 0 saturated heterocycles. The molecule has 0 fully saturated rings. The van der Waals surface area contributed by atoms with Crippen molar-refractivity contribution in [3.63, 3.8) is 0 Å². The lowest BCUT2D eigenvalue weighted by atomic mass is 10.1. The van der Waals surface area contributed by atoms with Gasteiger partial charge in [0.1, 0.15) is 5.75 Å². The van der Waals surface area contributed by atoms with Crippen LogP contribution in [0.1, 0.15) is 46.5 Å². The van der Waals surface area contributed by atoms with E-state index in [1.54, 1.807) is 48.5 Å². The van der Waals surface area contributed by atoms with Crippen LogP contribution in [0.25, 0.3) is 0 Å². The molecule has 0 aromatic heterocycles. The van der Waals surface area contributed by atoms with Crippen LogP contribution >= 0.6 is 12.2 Å². The van der Waals surface area contributed by atoms with Crippen molar-refractivity contribution in [3.8, 4) is 5.75 Å². The molecule has 0 spiro atoms. The number of rotatable bonds is 8. The first kappa shape index (κ1) is 24.9. The molecule has 3 aromatic carbocycles. The molecule has 6 nitrogen and oxygen atoms in total. The average molecular weight is 476 g/mol. The lowest BCUT2D eigenvalue weighted by Crippen LogP contribution is -2.34. The zero-order valence-electron chi connectivity index (χ0n) is 19.6. The van der Waals surface area contributed by atoms with E-state index < -0.39 is 0 Å². The minimum atomic E-state index is -0.325. The van der Waals surface area contributed by atoms with Gasteiger partial charge in [-0.2, -0.15) is 0 Å². The van der Waals surface area contributed by atoms with Crippen molar-refractivity contribution in [2.75, 3.05) is 17.2 Å². The van der Waals surface area contributed by atoms with E-state index in [2.05, 4.69) is 29.8 Å². The van der Waals surface area contributed by atoms with Gasteiger partial charge in [-0.15, -0.1) is 0 Å². The average Bonchev–Trinajstić information content (AvgIpc) is 2.80. The molecule has 0 bridgehead atoms. The fraction of sp³-hybridized carbons (Fsp3) is 0.222. The number of carbonyl (C=O) groups excluding carboxylic acids is 2. The SMILES string of the molecule is Cc1ccccc1C(=O)Nc1ccc(NC(=S)NC(=O)c2cccc(OCCC(C)C)c2)cc1. The van der Waals surface area contributed by atoms with Gasteiger partial charge in [0, 0.05) is 22.5 Å². The zero-order chi connectivity index (χ0) is 24.5. The molecule has 3 aromatic rings. The van der Waals surface area contributed by atoms with Gasteiger partial charge in [0.05, 0.1) is 6.61 Å². The van der Waals surface area contributed by atoms with E-state index in [9.17, 15) is 9.59 Å². The minimum Gasteiger partial charge on any atom is -0.494 e. The smallest absolute Gasteiger partial charge is 0.257 e. The molecule has 0 unspecified atom stereocenters. The summed E-state index contributed by atoms with van der Waals surface area (Å²) in [5, 5.41) is 8.71. The molecule has 0 atom stereocenters. The Kier molecular flexibility index (Phi) is 8.76. The van der Waals surface area contributed by atoms with Gasteiger partial charge in [-0.1, -0.05) is 38.1 Å². The van der Waals surface area contributed by atoms with E-state index >= 15 is 0 Å². The summed E-state index contributed by atoms with van der Waals surface area (Å²) in [6, 6.07) is 21.5. The molecule has 3 N–H and O–H groups in total. The molecule has 0 aliphatic rings. The lowest BCUT2D eigenvalue weighted by molar-refractivity contribution is 0.0975. The number of nitrogens with one attached hydrogen (secondary N) is 3. The molecule has 0 aliphatic heterocycles. The monoisotopic (exact) mass is 475 g/mol.